The average Bonchev–Trinajstić information content (AvgIpc) is 2.84. The number of aromatic nitrogens is 1. The molecule has 0 saturated carbocycles. The Kier molecular flexibility index (Phi) is 7.22. The second-order valence-electron chi connectivity index (χ2n) is 7.66. The van der Waals surface area contributed by atoms with Crippen molar-refractivity contribution in [1.29, 1.82) is 0 Å². The second kappa shape index (κ2) is 10.9. The van der Waals surface area contributed by atoms with E-state index >= 15 is 0 Å². The van der Waals surface area contributed by atoms with E-state index in [1.54, 1.807) is 6.20 Å². The number of amides is 1. The molecular weight excluding hydrogens is 392 g/mol. The summed E-state index contributed by atoms with van der Waals surface area (Å²) in [5.74, 6) is -0.00541. The van der Waals surface area contributed by atoms with Gasteiger partial charge < -0.3 is 5.32 Å². The standard InChI is InChI=1S/C29H26N2O/c32-28(31-27-18-8-16-26-17-9-21-30-29(26)27)20-19-25(22-24-12-5-2-6-13-24)15-7-14-23-10-3-1-4-11-23/h1-14,16-18,21-22H,15,19-20H2,(H,31,32)/b14-7?,25-22-. The van der Waals surface area contributed by atoms with Crippen molar-refractivity contribution in [3.8, 4) is 0 Å². The topological polar surface area (TPSA) is 42.0 Å². The van der Waals surface area contributed by atoms with Crippen LogP contribution in [-0.4, -0.2) is 10.9 Å². The van der Waals surface area contributed by atoms with Crippen LogP contribution in [0.25, 0.3) is 23.1 Å². The molecular formula is C29H26N2O. The monoisotopic (exact) mass is 418 g/mol. The van der Waals surface area contributed by atoms with Gasteiger partial charge in [-0.1, -0.05) is 103 Å². The summed E-state index contributed by atoms with van der Waals surface area (Å²) in [5, 5.41) is 4.05. The summed E-state index contributed by atoms with van der Waals surface area (Å²) in [4.78, 5) is 17.1. The highest BCUT2D eigenvalue weighted by Crippen LogP contribution is 2.22. The Balaban J connectivity index is 1.44. The lowest BCUT2D eigenvalue weighted by molar-refractivity contribution is -0.116. The van der Waals surface area contributed by atoms with Crippen molar-refractivity contribution in [2.24, 2.45) is 0 Å². The second-order valence-corrected chi connectivity index (χ2v) is 7.66. The molecule has 3 heteroatoms. The van der Waals surface area contributed by atoms with Crippen LogP contribution in [0.4, 0.5) is 5.69 Å². The molecule has 3 nitrogen and oxygen atoms in total. The first-order valence-corrected chi connectivity index (χ1v) is 10.9. The number of fused-ring (bicyclic) bond motifs is 1. The Labute approximate surface area is 189 Å². The maximum Gasteiger partial charge on any atom is 0.224 e. The maximum atomic E-state index is 12.7. The molecule has 0 bridgehead atoms. The highest BCUT2D eigenvalue weighted by Gasteiger charge is 2.08. The van der Waals surface area contributed by atoms with Crippen LogP contribution in [0, 0.1) is 0 Å². The molecule has 0 spiro atoms. The van der Waals surface area contributed by atoms with E-state index in [-0.39, 0.29) is 5.91 Å². The van der Waals surface area contributed by atoms with E-state index in [0.717, 1.165) is 28.6 Å². The highest BCUT2D eigenvalue weighted by atomic mass is 16.1. The summed E-state index contributed by atoms with van der Waals surface area (Å²) >= 11 is 0. The zero-order chi connectivity index (χ0) is 22.0. The number of nitrogens with one attached hydrogen (secondary N) is 1. The molecule has 3 aromatic carbocycles. The van der Waals surface area contributed by atoms with Gasteiger partial charge in [0.25, 0.3) is 0 Å². The van der Waals surface area contributed by atoms with Crippen LogP contribution in [0.1, 0.15) is 30.4 Å². The number of pyridine rings is 1. The molecule has 0 saturated heterocycles. The number of carbonyl (C=O) groups excluding carboxylic acids is 1. The molecule has 0 aliphatic carbocycles. The van der Waals surface area contributed by atoms with E-state index < -0.39 is 0 Å². The van der Waals surface area contributed by atoms with Gasteiger partial charge in [0.1, 0.15) is 0 Å². The van der Waals surface area contributed by atoms with Gasteiger partial charge in [-0.2, -0.15) is 0 Å². The van der Waals surface area contributed by atoms with Gasteiger partial charge in [0, 0.05) is 18.0 Å². The lowest BCUT2D eigenvalue weighted by Gasteiger charge is -2.09. The van der Waals surface area contributed by atoms with Gasteiger partial charge >= 0.3 is 0 Å². The largest absolute Gasteiger partial charge is 0.324 e. The lowest BCUT2D eigenvalue weighted by Crippen LogP contribution is -2.12. The molecule has 1 aromatic heterocycles. The molecule has 0 aliphatic heterocycles. The van der Waals surface area contributed by atoms with Crippen LogP contribution in [-0.2, 0) is 4.79 Å². The van der Waals surface area contributed by atoms with E-state index in [1.165, 1.54) is 11.1 Å². The van der Waals surface area contributed by atoms with Crippen LogP contribution in [0.15, 0.2) is 109 Å². The number of rotatable bonds is 8. The van der Waals surface area contributed by atoms with Gasteiger partial charge in [0.2, 0.25) is 5.91 Å². The van der Waals surface area contributed by atoms with Crippen molar-refractivity contribution in [3.05, 3.63) is 120 Å². The number of nitrogens with zero attached hydrogens (tertiary/aromatic N) is 1. The third-order valence-electron chi connectivity index (χ3n) is 5.24. The van der Waals surface area contributed by atoms with Gasteiger partial charge in [-0.25, -0.2) is 0 Å². The smallest absolute Gasteiger partial charge is 0.224 e. The van der Waals surface area contributed by atoms with Gasteiger partial charge in [-0.15, -0.1) is 0 Å². The Morgan fingerprint density at radius 1 is 0.781 bits per heavy atom. The van der Waals surface area contributed by atoms with E-state index in [0.29, 0.717) is 12.8 Å². The van der Waals surface area contributed by atoms with Crippen molar-refractivity contribution in [1.82, 2.24) is 4.98 Å². The van der Waals surface area contributed by atoms with Crippen molar-refractivity contribution in [3.63, 3.8) is 0 Å². The first-order chi connectivity index (χ1) is 15.8. The number of hydrogen-bond acceptors (Lipinski definition) is 2. The normalized spacial score (nSPS) is 11.7. The fourth-order valence-corrected chi connectivity index (χ4v) is 3.62. The SMILES string of the molecule is O=C(CC/C(=C\c1ccccc1)CC=Cc1ccccc1)Nc1cccc2cccnc12. The molecule has 4 rings (SSSR count). The number of anilines is 1. The predicted molar refractivity (Wildman–Crippen MR) is 134 cm³/mol. The Hall–Kier alpha value is -3.98. The van der Waals surface area contributed by atoms with Crippen molar-refractivity contribution < 1.29 is 4.79 Å². The minimum atomic E-state index is -0.00541. The summed E-state index contributed by atoms with van der Waals surface area (Å²) in [5.41, 5.74) is 5.11. The zero-order valence-electron chi connectivity index (χ0n) is 17.9. The molecule has 0 unspecified atom stereocenters. The van der Waals surface area contributed by atoms with Gasteiger partial charge in [0.05, 0.1) is 11.2 Å². The molecule has 1 N–H and O–H groups in total. The van der Waals surface area contributed by atoms with E-state index in [2.05, 4.69) is 52.8 Å². The lowest BCUT2D eigenvalue weighted by atomic mass is 10.0. The molecule has 4 aromatic rings. The zero-order valence-corrected chi connectivity index (χ0v) is 17.9. The number of allylic oxidation sites excluding steroid dienone is 2. The van der Waals surface area contributed by atoms with Crippen molar-refractivity contribution >= 4 is 34.6 Å². The molecule has 0 radical (unpaired) electrons. The van der Waals surface area contributed by atoms with Crippen molar-refractivity contribution in [2.75, 3.05) is 5.32 Å². The highest BCUT2D eigenvalue weighted by molar-refractivity contribution is 6.00. The number of hydrogen-bond donors (Lipinski definition) is 1. The molecule has 0 fully saturated rings. The first kappa shape index (κ1) is 21.3. The summed E-state index contributed by atoms with van der Waals surface area (Å²) < 4.78 is 0. The van der Waals surface area contributed by atoms with Crippen LogP contribution >= 0.6 is 0 Å². The summed E-state index contributed by atoms with van der Waals surface area (Å²) in [7, 11) is 0. The van der Waals surface area contributed by atoms with Gasteiger partial charge in [-0.3, -0.25) is 9.78 Å². The Bertz CT molecular complexity index is 1220. The number of carbonyl (C=O) groups is 1. The van der Waals surface area contributed by atoms with E-state index in [9.17, 15) is 4.79 Å². The van der Waals surface area contributed by atoms with Crippen LogP contribution in [0.5, 0.6) is 0 Å². The molecule has 0 aliphatic rings. The summed E-state index contributed by atoms with van der Waals surface area (Å²) in [6.45, 7) is 0. The summed E-state index contributed by atoms with van der Waals surface area (Å²) in [6.07, 6.45) is 10.1. The van der Waals surface area contributed by atoms with E-state index in [4.69, 9.17) is 0 Å². The molecule has 32 heavy (non-hydrogen) atoms. The number of para-hydroxylation sites is 1. The third-order valence-corrected chi connectivity index (χ3v) is 5.24. The summed E-state index contributed by atoms with van der Waals surface area (Å²) in [6, 6.07) is 30.2. The molecule has 1 amide bonds. The van der Waals surface area contributed by atoms with Gasteiger partial charge in [-0.05, 0) is 36.1 Å². The first-order valence-electron chi connectivity index (χ1n) is 10.9. The minimum absolute atomic E-state index is 0.00541. The Morgan fingerprint density at radius 2 is 1.50 bits per heavy atom. The van der Waals surface area contributed by atoms with Crippen LogP contribution in [0.2, 0.25) is 0 Å². The maximum absolute atomic E-state index is 12.7. The fourth-order valence-electron chi connectivity index (χ4n) is 3.62. The molecule has 158 valence electrons. The minimum Gasteiger partial charge on any atom is -0.324 e. The fraction of sp³-hybridized carbons (Fsp3) is 0.103. The van der Waals surface area contributed by atoms with E-state index in [1.807, 2.05) is 66.7 Å². The third kappa shape index (κ3) is 6.02. The molecule has 0 atom stereocenters. The van der Waals surface area contributed by atoms with Crippen LogP contribution in [0.3, 0.4) is 0 Å². The quantitative estimate of drug-likeness (QED) is 0.330. The average molecular weight is 419 g/mol. The predicted octanol–water partition coefficient (Wildman–Crippen LogP) is 7.14. The van der Waals surface area contributed by atoms with Crippen molar-refractivity contribution in [2.45, 2.75) is 19.3 Å². The number of benzene rings is 3. The van der Waals surface area contributed by atoms with Gasteiger partial charge in [0.15, 0.2) is 0 Å². The van der Waals surface area contributed by atoms with Crippen LogP contribution < -0.4 is 5.32 Å². The molecule has 1 heterocycles. The Morgan fingerprint density at radius 3 is 2.28 bits per heavy atom.